The summed E-state index contributed by atoms with van der Waals surface area (Å²) in [7, 11) is -2.14. The van der Waals surface area contributed by atoms with E-state index >= 15 is 4.39 Å². The normalized spacial score (nSPS) is 25.3. The predicted molar refractivity (Wildman–Crippen MR) is 109 cm³/mol. The minimum Gasteiger partial charge on any atom is -0.492 e. The average Bonchev–Trinajstić information content (AvgIpc) is 3.62. The van der Waals surface area contributed by atoms with Crippen LogP contribution in [0.5, 0.6) is 5.75 Å². The molecule has 32 heavy (non-hydrogen) atoms. The van der Waals surface area contributed by atoms with E-state index in [0.29, 0.717) is 13.1 Å². The van der Waals surface area contributed by atoms with Crippen LogP contribution in [0, 0.1) is 11.2 Å². The van der Waals surface area contributed by atoms with E-state index in [4.69, 9.17) is 10.5 Å². The van der Waals surface area contributed by atoms with Gasteiger partial charge in [0.15, 0.2) is 11.6 Å². The average molecular weight is 453 g/mol. The number of nitrogens with two attached hydrogens (primary N) is 1. The molecule has 0 amide bonds. The minimum atomic E-state index is -3.44. The molecule has 1 aliphatic heterocycles. The van der Waals surface area contributed by atoms with Crippen molar-refractivity contribution < 1.29 is 31.6 Å². The summed E-state index contributed by atoms with van der Waals surface area (Å²) in [6, 6.07) is 0.0400. The van der Waals surface area contributed by atoms with Gasteiger partial charge in [-0.25, -0.2) is 22.2 Å². The fourth-order valence-electron chi connectivity index (χ4n) is 4.78. The number of ether oxygens (including phenoxy) is 1. The van der Waals surface area contributed by atoms with Gasteiger partial charge in [-0.2, -0.15) is 0 Å². The molecule has 12 heteroatoms. The zero-order chi connectivity index (χ0) is 22.9. The van der Waals surface area contributed by atoms with Crippen molar-refractivity contribution in [2.45, 2.75) is 37.5 Å². The molecule has 2 N–H and O–H groups in total. The number of aromatic nitrogens is 1. The van der Waals surface area contributed by atoms with Crippen molar-refractivity contribution in [1.82, 2.24) is 4.57 Å². The standard InChI is InChI=1S/C20H20BF4N3O4/c1-31-18-15-9(4-12(23)16(18)27-7-14(26)20(8-27)2-3-20)17(29)10(19(30)32-21(24)25)6-28(15)13-5-11(13)22/h4,6,11,13-14H,2-3,5,7-8,26H2,1H3/t11-,13+,14+/m0/s1. The van der Waals surface area contributed by atoms with Crippen LogP contribution in [0.15, 0.2) is 17.1 Å². The van der Waals surface area contributed by atoms with E-state index in [9.17, 15) is 22.6 Å². The Morgan fingerprint density at radius 3 is 2.56 bits per heavy atom. The molecule has 0 radical (unpaired) electrons. The van der Waals surface area contributed by atoms with Gasteiger partial charge in [-0.3, -0.25) is 4.79 Å². The lowest BCUT2D eigenvalue weighted by molar-refractivity contribution is 0.0693. The third-order valence-electron chi connectivity index (χ3n) is 6.77. The van der Waals surface area contributed by atoms with E-state index in [1.54, 1.807) is 4.90 Å². The van der Waals surface area contributed by atoms with Crippen molar-refractivity contribution in [3.8, 4) is 5.75 Å². The first kappa shape index (κ1) is 21.1. The summed E-state index contributed by atoms with van der Waals surface area (Å²) >= 11 is 0. The van der Waals surface area contributed by atoms with Gasteiger partial charge in [-0.15, -0.1) is 0 Å². The fraction of sp³-hybridized carbons (Fsp3) is 0.500. The number of benzene rings is 1. The second kappa shape index (κ2) is 7.13. The number of anilines is 1. The predicted octanol–water partition coefficient (Wildman–Crippen LogP) is 2.44. The summed E-state index contributed by atoms with van der Waals surface area (Å²) in [5.74, 6) is -2.34. The number of methoxy groups -OCH3 is 1. The number of fused-ring (bicyclic) bond motifs is 1. The summed E-state index contributed by atoms with van der Waals surface area (Å²) in [5.41, 5.74) is 4.65. The van der Waals surface area contributed by atoms with E-state index in [1.165, 1.54) is 11.7 Å². The van der Waals surface area contributed by atoms with Crippen LogP contribution in [-0.4, -0.2) is 50.4 Å². The molecule has 2 saturated carbocycles. The van der Waals surface area contributed by atoms with Crippen molar-refractivity contribution in [1.29, 1.82) is 0 Å². The number of carbonyl (C=O) groups excluding carboxylic acids is 1. The topological polar surface area (TPSA) is 86.8 Å². The maximum atomic E-state index is 15.3. The van der Waals surface area contributed by atoms with E-state index < -0.39 is 42.5 Å². The van der Waals surface area contributed by atoms with Crippen LogP contribution >= 0.6 is 0 Å². The Hall–Kier alpha value is -2.76. The molecule has 2 heterocycles. The Labute approximate surface area is 180 Å². The Morgan fingerprint density at radius 1 is 1.34 bits per heavy atom. The van der Waals surface area contributed by atoms with Crippen molar-refractivity contribution >= 4 is 30.0 Å². The SMILES string of the molecule is COc1c(N2C[C@@H](N)C3(CC3)C2)c(F)cc2c(=O)c(C(=O)OB(F)F)cn([C@@H]3C[C@@H]3F)c12. The third-order valence-corrected chi connectivity index (χ3v) is 6.77. The first-order valence-electron chi connectivity index (χ1n) is 10.3. The molecule has 1 spiro atoms. The Balaban J connectivity index is 1.73. The molecular weight excluding hydrogens is 433 g/mol. The molecule has 0 bridgehead atoms. The number of carbonyl (C=O) groups is 1. The fourth-order valence-corrected chi connectivity index (χ4v) is 4.78. The number of alkyl halides is 1. The van der Waals surface area contributed by atoms with E-state index in [0.717, 1.165) is 25.1 Å². The van der Waals surface area contributed by atoms with Gasteiger partial charge < -0.3 is 24.6 Å². The lowest BCUT2D eigenvalue weighted by atomic mass is 10.0. The first-order valence-corrected chi connectivity index (χ1v) is 10.3. The molecule has 1 saturated heterocycles. The highest BCUT2D eigenvalue weighted by atomic mass is 19.2. The maximum absolute atomic E-state index is 15.3. The highest BCUT2D eigenvalue weighted by molar-refractivity contribution is 6.38. The smallest absolute Gasteiger partial charge is 0.492 e. The molecule has 3 fully saturated rings. The molecule has 5 rings (SSSR count). The van der Waals surface area contributed by atoms with Crippen LogP contribution in [0.3, 0.4) is 0 Å². The van der Waals surface area contributed by atoms with Gasteiger partial charge in [0.05, 0.1) is 24.1 Å². The molecule has 2 aliphatic carbocycles. The second-order valence-corrected chi connectivity index (χ2v) is 8.75. The highest BCUT2D eigenvalue weighted by Gasteiger charge is 2.54. The number of halogens is 4. The third kappa shape index (κ3) is 3.15. The molecule has 3 atom stereocenters. The first-order chi connectivity index (χ1) is 15.2. The zero-order valence-electron chi connectivity index (χ0n) is 17.1. The summed E-state index contributed by atoms with van der Waals surface area (Å²) in [6.45, 7) is 0.905. The number of rotatable bonds is 5. The molecule has 1 aromatic carbocycles. The molecule has 1 aromatic heterocycles. The van der Waals surface area contributed by atoms with Crippen molar-refractivity contribution in [3.05, 3.63) is 33.9 Å². The van der Waals surface area contributed by atoms with E-state index in [2.05, 4.69) is 4.65 Å². The van der Waals surface area contributed by atoms with Gasteiger partial charge in [0.2, 0.25) is 5.43 Å². The summed E-state index contributed by atoms with van der Waals surface area (Å²) in [4.78, 5) is 26.8. The zero-order valence-corrected chi connectivity index (χ0v) is 17.1. The molecule has 170 valence electrons. The van der Waals surface area contributed by atoms with Crippen LogP contribution in [0.1, 0.15) is 35.7 Å². The van der Waals surface area contributed by atoms with E-state index in [1.807, 2.05) is 0 Å². The number of hydrogen-bond donors (Lipinski definition) is 1. The molecule has 0 unspecified atom stereocenters. The number of nitrogens with zero attached hydrogens (tertiary/aromatic N) is 2. The van der Waals surface area contributed by atoms with Gasteiger partial charge >= 0.3 is 13.4 Å². The van der Waals surface area contributed by atoms with Crippen LogP contribution in [0.4, 0.5) is 23.1 Å². The van der Waals surface area contributed by atoms with Gasteiger partial charge in [0, 0.05) is 37.2 Å². The lowest BCUT2D eigenvalue weighted by Crippen LogP contribution is -2.30. The quantitative estimate of drug-likeness (QED) is 0.553. The Bertz CT molecular complexity index is 1190. The summed E-state index contributed by atoms with van der Waals surface area (Å²) in [6.07, 6.45) is 1.69. The molecule has 3 aliphatic rings. The van der Waals surface area contributed by atoms with Gasteiger partial charge in [-0.1, -0.05) is 0 Å². The molecule has 2 aromatic rings. The lowest BCUT2D eigenvalue weighted by Gasteiger charge is -2.24. The van der Waals surface area contributed by atoms with Crippen molar-refractivity contribution in [2.24, 2.45) is 11.1 Å². The maximum Gasteiger partial charge on any atom is 0.798 e. The van der Waals surface area contributed by atoms with Gasteiger partial charge in [0.25, 0.3) is 0 Å². The van der Waals surface area contributed by atoms with Crippen LogP contribution in [0.25, 0.3) is 10.9 Å². The number of hydrogen-bond acceptors (Lipinski definition) is 6. The van der Waals surface area contributed by atoms with Gasteiger partial charge in [0.1, 0.15) is 17.4 Å². The Kier molecular flexibility index (Phi) is 4.70. The molecule has 7 nitrogen and oxygen atoms in total. The van der Waals surface area contributed by atoms with Crippen LogP contribution < -0.4 is 20.8 Å². The highest BCUT2D eigenvalue weighted by Crippen LogP contribution is 2.54. The van der Waals surface area contributed by atoms with E-state index in [-0.39, 0.29) is 40.2 Å². The van der Waals surface area contributed by atoms with Gasteiger partial charge in [-0.05, 0) is 18.9 Å². The second-order valence-electron chi connectivity index (χ2n) is 8.75. The van der Waals surface area contributed by atoms with Crippen LogP contribution in [0.2, 0.25) is 0 Å². The molecular formula is C20H20BF4N3O4. The summed E-state index contributed by atoms with van der Waals surface area (Å²) in [5, 5.41) is -0.282. The van der Waals surface area contributed by atoms with Crippen LogP contribution in [-0.2, 0) is 4.65 Å². The monoisotopic (exact) mass is 453 g/mol. The Morgan fingerprint density at radius 2 is 2.03 bits per heavy atom. The summed E-state index contributed by atoms with van der Waals surface area (Å²) < 4.78 is 65.1. The van der Waals surface area contributed by atoms with Crippen molar-refractivity contribution in [3.63, 3.8) is 0 Å². The number of pyridine rings is 1. The minimum absolute atomic E-state index is 0.00915. The largest absolute Gasteiger partial charge is 0.798 e. The van der Waals surface area contributed by atoms with Crippen molar-refractivity contribution in [2.75, 3.05) is 25.1 Å².